The molecular formula is C27H27ClF3N7O3S2. The first-order valence-corrected chi connectivity index (χ1v) is 16.5. The lowest BCUT2D eigenvalue weighted by atomic mass is 9.92. The maximum absolute atomic E-state index is 14.0. The van der Waals surface area contributed by atoms with Gasteiger partial charge in [-0.15, -0.1) is 11.3 Å². The summed E-state index contributed by atoms with van der Waals surface area (Å²) >= 11 is 7.85. The summed E-state index contributed by atoms with van der Waals surface area (Å²) in [6.45, 7) is -2.17. The molecule has 3 aromatic rings. The molecule has 3 aliphatic heterocycles. The number of nitrogens with one attached hydrogen (secondary N) is 1. The molecule has 16 heteroatoms. The van der Waals surface area contributed by atoms with Gasteiger partial charge in [0, 0.05) is 71.7 Å². The number of amidine groups is 1. The number of hydrogen-bond donors (Lipinski definition) is 2. The van der Waals surface area contributed by atoms with Crippen LogP contribution >= 0.6 is 22.9 Å². The Labute approximate surface area is 254 Å². The van der Waals surface area contributed by atoms with Crippen molar-refractivity contribution in [1.82, 2.24) is 28.7 Å². The highest BCUT2D eigenvalue weighted by molar-refractivity contribution is 7.87. The zero-order valence-electron chi connectivity index (χ0n) is 22.5. The molecule has 2 N–H and O–H groups in total. The van der Waals surface area contributed by atoms with Crippen molar-refractivity contribution < 1.29 is 26.7 Å². The molecule has 2 aromatic heterocycles. The Kier molecular flexibility index (Phi) is 7.37. The van der Waals surface area contributed by atoms with Crippen LogP contribution in [-0.2, 0) is 10.2 Å². The minimum absolute atomic E-state index is 0.0886. The van der Waals surface area contributed by atoms with E-state index in [1.165, 1.54) is 33.8 Å². The number of rotatable bonds is 7. The molecule has 3 fully saturated rings. The van der Waals surface area contributed by atoms with E-state index in [1.807, 2.05) is 4.90 Å². The van der Waals surface area contributed by atoms with Gasteiger partial charge in [0.15, 0.2) is 10.8 Å². The van der Waals surface area contributed by atoms with E-state index in [9.17, 15) is 26.7 Å². The molecule has 43 heavy (non-hydrogen) atoms. The topological polar surface area (TPSA) is 116 Å². The van der Waals surface area contributed by atoms with E-state index in [4.69, 9.17) is 16.6 Å². The van der Waals surface area contributed by atoms with Crippen LogP contribution in [0.4, 0.5) is 13.2 Å². The van der Waals surface area contributed by atoms with Gasteiger partial charge in [-0.25, -0.2) is 14.1 Å². The standard InChI is InChI=1S/C27H27ClF3N7O3S2/c28-19-9-16(29)3-4-18(19)23-22(20-5-7-38(34-20)27(30)31)21-10-17(13-37(21)25(33-23)26-32-6-8-42-26)35-43(40,41)36-11-14-1-2-15(12-36)24(14)39/h3-9,14-15,17,23-24,27,35,39H,1-2,10-13H2/t14?,15?,17-,23-,24?/m0/s1. The van der Waals surface area contributed by atoms with Crippen LogP contribution in [0.15, 0.2) is 52.7 Å². The van der Waals surface area contributed by atoms with Crippen molar-refractivity contribution in [2.45, 2.75) is 44.0 Å². The lowest BCUT2D eigenvalue weighted by Crippen LogP contribution is -2.53. The summed E-state index contributed by atoms with van der Waals surface area (Å²) in [5.41, 5.74) is 1.76. The Hall–Kier alpha value is -2.82. The fourth-order valence-electron chi connectivity index (χ4n) is 6.67. The van der Waals surface area contributed by atoms with Crippen LogP contribution in [0.25, 0.3) is 5.57 Å². The van der Waals surface area contributed by atoms with Gasteiger partial charge in [0.2, 0.25) is 0 Å². The summed E-state index contributed by atoms with van der Waals surface area (Å²) in [4.78, 5) is 11.3. The summed E-state index contributed by atoms with van der Waals surface area (Å²) in [6, 6.07) is 3.92. The van der Waals surface area contributed by atoms with Crippen molar-refractivity contribution in [3.63, 3.8) is 0 Å². The third kappa shape index (κ3) is 5.19. The highest BCUT2D eigenvalue weighted by atomic mass is 35.5. The lowest BCUT2D eigenvalue weighted by Gasteiger charge is -2.35. The van der Waals surface area contributed by atoms with Crippen LogP contribution in [0.5, 0.6) is 0 Å². The second kappa shape index (κ2) is 11.0. The molecule has 0 amide bonds. The second-order valence-corrected chi connectivity index (χ2v) is 14.2. The summed E-state index contributed by atoms with van der Waals surface area (Å²) in [5.74, 6) is -0.252. The minimum atomic E-state index is -3.91. The number of nitrogens with zero attached hydrogens (tertiary/aromatic N) is 6. The molecule has 10 nitrogen and oxygen atoms in total. The predicted molar refractivity (Wildman–Crippen MR) is 154 cm³/mol. The number of benzene rings is 1. The molecular weight excluding hydrogens is 627 g/mol. The molecule has 7 rings (SSSR count). The normalized spacial score (nSPS) is 27.7. The quantitative estimate of drug-likeness (QED) is 0.398. The van der Waals surface area contributed by atoms with Gasteiger partial charge in [0.05, 0.1) is 11.8 Å². The first-order valence-electron chi connectivity index (χ1n) is 13.8. The molecule has 2 saturated heterocycles. The van der Waals surface area contributed by atoms with E-state index in [2.05, 4.69) is 14.8 Å². The molecule has 4 aliphatic rings. The smallest absolute Gasteiger partial charge is 0.333 e. The van der Waals surface area contributed by atoms with Crippen molar-refractivity contribution in [1.29, 1.82) is 0 Å². The fourth-order valence-corrected chi connectivity index (χ4v) is 9.08. The first-order chi connectivity index (χ1) is 20.6. The molecule has 0 radical (unpaired) electrons. The largest absolute Gasteiger partial charge is 0.392 e. The van der Waals surface area contributed by atoms with Crippen molar-refractivity contribution in [3.8, 4) is 0 Å². The first kappa shape index (κ1) is 28.9. The average molecular weight is 654 g/mol. The van der Waals surface area contributed by atoms with Crippen molar-refractivity contribution in [3.05, 3.63) is 74.8 Å². The van der Waals surface area contributed by atoms with Crippen LogP contribution in [-0.4, -0.2) is 75.1 Å². The number of hydrogen-bond acceptors (Lipinski definition) is 8. The Bertz CT molecular complexity index is 1700. The minimum Gasteiger partial charge on any atom is -0.392 e. The third-order valence-electron chi connectivity index (χ3n) is 8.63. The number of thiazole rings is 1. The number of aliphatic hydroxyl groups excluding tert-OH is 1. The van der Waals surface area contributed by atoms with Crippen LogP contribution in [0, 0.1) is 17.7 Å². The molecule has 5 heterocycles. The van der Waals surface area contributed by atoms with Gasteiger partial charge in [0.1, 0.15) is 11.9 Å². The number of aromatic nitrogens is 3. The van der Waals surface area contributed by atoms with Gasteiger partial charge in [-0.3, -0.25) is 4.99 Å². The van der Waals surface area contributed by atoms with E-state index in [1.54, 1.807) is 11.6 Å². The highest BCUT2D eigenvalue weighted by Crippen LogP contribution is 2.46. The Morgan fingerprint density at radius 3 is 2.56 bits per heavy atom. The molecule has 1 aliphatic carbocycles. The van der Waals surface area contributed by atoms with Crippen LogP contribution in [0.2, 0.25) is 5.02 Å². The Morgan fingerprint density at radius 2 is 1.91 bits per heavy atom. The second-order valence-electron chi connectivity index (χ2n) is 11.2. The molecule has 2 bridgehead atoms. The fraction of sp³-hybridized carbons (Fsp3) is 0.444. The van der Waals surface area contributed by atoms with Gasteiger partial charge in [0.25, 0.3) is 10.2 Å². The van der Waals surface area contributed by atoms with E-state index in [0.29, 0.717) is 32.4 Å². The Balaban J connectivity index is 1.30. The average Bonchev–Trinajstić information content (AvgIpc) is 3.75. The van der Waals surface area contributed by atoms with E-state index < -0.39 is 40.8 Å². The number of halogens is 4. The summed E-state index contributed by atoms with van der Waals surface area (Å²) in [6.07, 6.45) is 4.09. The molecule has 2 unspecified atom stereocenters. The molecule has 228 valence electrons. The number of aliphatic hydroxyl groups is 1. The van der Waals surface area contributed by atoms with Gasteiger partial charge < -0.3 is 10.0 Å². The highest BCUT2D eigenvalue weighted by Gasteiger charge is 2.46. The molecule has 1 aromatic carbocycles. The maximum Gasteiger partial charge on any atom is 0.333 e. The zero-order valence-corrected chi connectivity index (χ0v) is 24.9. The lowest BCUT2D eigenvalue weighted by molar-refractivity contribution is 0.0436. The monoisotopic (exact) mass is 653 g/mol. The van der Waals surface area contributed by atoms with Crippen LogP contribution in [0.1, 0.15) is 48.1 Å². The molecule has 4 atom stereocenters. The SMILES string of the molecule is O=S(=O)(N[C@H]1CC2=C(c3ccn(C(F)F)n3)[C@H](c3ccc(F)cc3Cl)N=C(c3nccs3)N2C1)N1CC2CCC(C1)C2O. The zero-order chi connectivity index (χ0) is 30.0. The predicted octanol–water partition coefficient (Wildman–Crippen LogP) is 4.05. The Morgan fingerprint density at radius 1 is 1.14 bits per heavy atom. The van der Waals surface area contributed by atoms with Gasteiger partial charge in [-0.1, -0.05) is 17.7 Å². The van der Waals surface area contributed by atoms with Crippen molar-refractivity contribution >= 4 is 44.6 Å². The van der Waals surface area contributed by atoms with Crippen molar-refractivity contribution in [2.24, 2.45) is 16.8 Å². The molecule has 0 spiro atoms. The number of aliphatic imine (C=N–C) groups is 1. The van der Waals surface area contributed by atoms with Gasteiger partial charge >= 0.3 is 6.55 Å². The number of piperidine rings is 1. The third-order valence-corrected chi connectivity index (χ3v) is 11.3. The molecule has 1 saturated carbocycles. The maximum atomic E-state index is 14.0. The van der Waals surface area contributed by atoms with Crippen molar-refractivity contribution in [2.75, 3.05) is 19.6 Å². The summed E-state index contributed by atoms with van der Waals surface area (Å²) < 4.78 is 73.2. The summed E-state index contributed by atoms with van der Waals surface area (Å²) in [7, 11) is -3.91. The van der Waals surface area contributed by atoms with Crippen LogP contribution < -0.4 is 4.72 Å². The number of alkyl halides is 2. The summed E-state index contributed by atoms with van der Waals surface area (Å²) in [5, 5.41) is 17.0. The number of fused-ring (bicyclic) bond motifs is 3. The van der Waals surface area contributed by atoms with Gasteiger partial charge in [-0.2, -0.15) is 31.3 Å². The van der Waals surface area contributed by atoms with Gasteiger partial charge in [-0.05, 0) is 42.9 Å². The van der Waals surface area contributed by atoms with E-state index >= 15 is 0 Å². The van der Waals surface area contributed by atoms with E-state index in [-0.39, 0.29) is 48.6 Å². The van der Waals surface area contributed by atoms with Crippen LogP contribution in [0.3, 0.4) is 0 Å². The van der Waals surface area contributed by atoms with E-state index in [0.717, 1.165) is 25.1 Å².